The summed E-state index contributed by atoms with van der Waals surface area (Å²) < 4.78 is 15.1. The average molecular weight is 353 g/mol. The second-order valence-electron chi connectivity index (χ2n) is 6.55. The molecule has 0 spiro atoms. The maximum absolute atomic E-state index is 13.7. The molecule has 0 saturated carbocycles. The van der Waals surface area contributed by atoms with Crippen LogP contribution in [0.2, 0.25) is 0 Å². The Morgan fingerprint density at radius 2 is 1.77 bits per heavy atom. The zero-order chi connectivity index (χ0) is 18.7. The molecule has 26 heavy (non-hydrogen) atoms. The van der Waals surface area contributed by atoms with Gasteiger partial charge in [-0.3, -0.25) is 9.59 Å². The van der Waals surface area contributed by atoms with Crippen molar-refractivity contribution >= 4 is 16.7 Å². The second kappa shape index (κ2) is 7.47. The van der Waals surface area contributed by atoms with Gasteiger partial charge in [0.05, 0.1) is 5.39 Å². The molecule has 1 amide bonds. The molecule has 3 aromatic rings. The van der Waals surface area contributed by atoms with Crippen molar-refractivity contribution in [3.8, 4) is 0 Å². The molecule has 0 aliphatic carbocycles. The predicted molar refractivity (Wildman–Crippen MR) is 98.4 cm³/mol. The van der Waals surface area contributed by atoms with Crippen molar-refractivity contribution < 1.29 is 9.18 Å². The Morgan fingerprint density at radius 3 is 2.46 bits per heavy atom. The predicted octanol–water partition coefficient (Wildman–Crippen LogP) is 3.12. The zero-order valence-electron chi connectivity index (χ0n) is 14.7. The third-order valence-corrected chi connectivity index (χ3v) is 4.02. The summed E-state index contributed by atoms with van der Waals surface area (Å²) in [5.74, 6) is -0.618. The Morgan fingerprint density at radius 1 is 1.12 bits per heavy atom. The minimum absolute atomic E-state index is 0.0464. The van der Waals surface area contributed by atoms with Crippen molar-refractivity contribution in [2.45, 2.75) is 26.9 Å². The summed E-state index contributed by atoms with van der Waals surface area (Å²) in [6, 6.07) is 13.1. The first-order chi connectivity index (χ1) is 12.5. The van der Waals surface area contributed by atoms with Gasteiger partial charge in [-0.1, -0.05) is 50.2 Å². The molecule has 1 aromatic heterocycles. The highest BCUT2D eigenvalue weighted by atomic mass is 19.1. The first-order valence-corrected chi connectivity index (χ1v) is 8.49. The fourth-order valence-corrected chi connectivity index (χ4v) is 2.77. The van der Waals surface area contributed by atoms with Gasteiger partial charge in [-0.2, -0.15) is 5.10 Å². The van der Waals surface area contributed by atoms with E-state index in [9.17, 15) is 14.0 Å². The maximum atomic E-state index is 13.7. The summed E-state index contributed by atoms with van der Waals surface area (Å²) in [7, 11) is 0. The molecular weight excluding hydrogens is 333 g/mol. The van der Waals surface area contributed by atoms with Crippen molar-refractivity contribution in [3.63, 3.8) is 0 Å². The van der Waals surface area contributed by atoms with Crippen LogP contribution in [0.25, 0.3) is 10.8 Å². The lowest BCUT2D eigenvalue weighted by molar-refractivity contribution is 0.0944. The number of halogens is 1. The number of rotatable bonds is 5. The quantitative estimate of drug-likeness (QED) is 0.766. The summed E-state index contributed by atoms with van der Waals surface area (Å²) in [6.45, 7) is 4.41. The molecule has 0 saturated heterocycles. The van der Waals surface area contributed by atoms with E-state index in [1.807, 2.05) is 13.8 Å². The lowest BCUT2D eigenvalue weighted by Gasteiger charge is -2.13. The monoisotopic (exact) mass is 353 g/mol. The van der Waals surface area contributed by atoms with Crippen LogP contribution in [0.3, 0.4) is 0 Å². The molecule has 1 N–H and O–H groups in total. The van der Waals surface area contributed by atoms with Crippen molar-refractivity contribution in [1.29, 1.82) is 0 Å². The Labute approximate surface area is 150 Å². The topological polar surface area (TPSA) is 64.0 Å². The molecule has 0 aliphatic rings. The molecule has 3 rings (SSSR count). The SMILES string of the molecule is CC(C)Cn1nc(C(=O)NCc2ccccc2F)c2ccccc2c1=O. The van der Waals surface area contributed by atoms with E-state index in [0.717, 1.165) is 0 Å². The maximum Gasteiger partial charge on any atom is 0.274 e. The lowest BCUT2D eigenvalue weighted by atomic mass is 10.1. The lowest BCUT2D eigenvalue weighted by Crippen LogP contribution is -2.31. The highest BCUT2D eigenvalue weighted by Gasteiger charge is 2.17. The molecule has 5 nitrogen and oxygen atoms in total. The van der Waals surface area contributed by atoms with E-state index in [4.69, 9.17) is 0 Å². The third-order valence-electron chi connectivity index (χ3n) is 4.02. The molecule has 1 heterocycles. The number of hydrogen-bond donors (Lipinski definition) is 1. The van der Waals surface area contributed by atoms with Crippen LogP contribution in [-0.2, 0) is 13.1 Å². The molecule has 0 unspecified atom stereocenters. The molecule has 0 atom stereocenters. The van der Waals surface area contributed by atoms with Crippen LogP contribution in [0.1, 0.15) is 29.9 Å². The highest BCUT2D eigenvalue weighted by molar-refractivity contribution is 6.04. The van der Waals surface area contributed by atoms with Crippen molar-refractivity contribution in [2.24, 2.45) is 5.92 Å². The van der Waals surface area contributed by atoms with Gasteiger partial charge in [-0.05, 0) is 18.1 Å². The van der Waals surface area contributed by atoms with Gasteiger partial charge in [0.2, 0.25) is 0 Å². The van der Waals surface area contributed by atoms with E-state index >= 15 is 0 Å². The van der Waals surface area contributed by atoms with E-state index in [-0.39, 0.29) is 29.5 Å². The Bertz CT molecular complexity index is 1010. The van der Waals surface area contributed by atoms with Crippen LogP contribution < -0.4 is 10.9 Å². The van der Waals surface area contributed by atoms with Gasteiger partial charge in [0, 0.05) is 24.0 Å². The summed E-state index contributed by atoms with van der Waals surface area (Å²) in [5.41, 5.74) is 0.331. The van der Waals surface area contributed by atoms with Gasteiger partial charge in [-0.25, -0.2) is 9.07 Å². The summed E-state index contributed by atoms with van der Waals surface area (Å²) in [6.07, 6.45) is 0. The van der Waals surface area contributed by atoms with E-state index in [1.165, 1.54) is 10.7 Å². The second-order valence-corrected chi connectivity index (χ2v) is 6.55. The smallest absolute Gasteiger partial charge is 0.274 e. The first kappa shape index (κ1) is 17.8. The molecule has 0 bridgehead atoms. The highest BCUT2D eigenvalue weighted by Crippen LogP contribution is 2.14. The van der Waals surface area contributed by atoms with Crippen molar-refractivity contribution in [1.82, 2.24) is 15.1 Å². The van der Waals surface area contributed by atoms with Gasteiger partial charge in [0.25, 0.3) is 11.5 Å². The van der Waals surface area contributed by atoms with E-state index < -0.39 is 5.91 Å². The van der Waals surface area contributed by atoms with Crippen LogP contribution in [-0.4, -0.2) is 15.7 Å². The number of aromatic nitrogens is 2. The Balaban J connectivity index is 1.97. The number of fused-ring (bicyclic) bond motifs is 1. The fourth-order valence-electron chi connectivity index (χ4n) is 2.77. The molecule has 6 heteroatoms. The average Bonchev–Trinajstić information content (AvgIpc) is 2.63. The van der Waals surface area contributed by atoms with Gasteiger partial charge >= 0.3 is 0 Å². The minimum Gasteiger partial charge on any atom is -0.346 e. The first-order valence-electron chi connectivity index (χ1n) is 8.49. The molecule has 2 aromatic carbocycles. The van der Waals surface area contributed by atoms with Gasteiger partial charge in [-0.15, -0.1) is 0 Å². The number of carbonyl (C=O) groups is 1. The van der Waals surface area contributed by atoms with E-state index in [1.54, 1.807) is 42.5 Å². The van der Waals surface area contributed by atoms with E-state index in [0.29, 0.717) is 22.9 Å². The fraction of sp³-hybridized carbons (Fsp3) is 0.250. The summed E-state index contributed by atoms with van der Waals surface area (Å²) >= 11 is 0. The Hall–Kier alpha value is -3.02. The normalized spacial score (nSPS) is 11.1. The number of nitrogens with zero attached hydrogens (tertiary/aromatic N) is 2. The molecule has 0 aliphatic heterocycles. The van der Waals surface area contributed by atoms with Crippen LogP contribution in [0, 0.1) is 11.7 Å². The van der Waals surface area contributed by atoms with Crippen LogP contribution >= 0.6 is 0 Å². The van der Waals surface area contributed by atoms with Gasteiger partial charge in [0.1, 0.15) is 5.82 Å². The number of benzene rings is 2. The summed E-state index contributed by atoms with van der Waals surface area (Å²) in [5, 5.41) is 7.90. The van der Waals surface area contributed by atoms with Crippen molar-refractivity contribution in [3.05, 3.63) is 76.0 Å². The molecule has 134 valence electrons. The van der Waals surface area contributed by atoms with Crippen molar-refractivity contribution in [2.75, 3.05) is 0 Å². The zero-order valence-corrected chi connectivity index (χ0v) is 14.7. The standard InChI is InChI=1S/C20H20FN3O2/c1-13(2)12-24-20(26)16-9-5-4-8-15(16)18(23-24)19(25)22-11-14-7-3-6-10-17(14)21/h3-10,13H,11-12H2,1-2H3,(H,22,25). The third kappa shape index (κ3) is 3.64. The number of nitrogens with one attached hydrogen (secondary N) is 1. The Kier molecular flexibility index (Phi) is 5.11. The molecule has 0 fully saturated rings. The van der Waals surface area contributed by atoms with Crippen LogP contribution in [0.4, 0.5) is 4.39 Å². The number of carbonyl (C=O) groups excluding carboxylic acids is 1. The van der Waals surface area contributed by atoms with E-state index in [2.05, 4.69) is 10.4 Å². The number of amides is 1. The van der Waals surface area contributed by atoms with Crippen LogP contribution in [0.5, 0.6) is 0 Å². The van der Waals surface area contributed by atoms with Crippen LogP contribution in [0.15, 0.2) is 53.3 Å². The largest absolute Gasteiger partial charge is 0.346 e. The number of hydrogen-bond acceptors (Lipinski definition) is 3. The summed E-state index contributed by atoms with van der Waals surface area (Å²) in [4.78, 5) is 25.3. The van der Waals surface area contributed by atoms with Gasteiger partial charge in [0.15, 0.2) is 5.69 Å². The van der Waals surface area contributed by atoms with Gasteiger partial charge < -0.3 is 5.32 Å². The minimum atomic E-state index is -0.443. The molecule has 0 radical (unpaired) electrons. The molecular formula is C20H20FN3O2.